The highest BCUT2D eigenvalue weighted by Gasteiger charge is 2.33. The predicted octanol–water partition coefficient (Wildman–Crippen LogP) is 2.69. The Morgan fingerprint density at radius 1 is 1.45 bits per heavy atom. The van der Waals surface area contributed by atoms with E-state index in [4.69, 9.17) is 11.6 Å². The number of benzene rings is 1. The Kier molecular flexibility index (Phi) is 4.88. The monoisotopic (exact) mass is 311 g/mol. The first kappa shape index (κ1) is 16.6. The average molecular weight is 312 g/mol. The molecule has 0 heterocycles. The molecule has 8 heteroatoms. The van der Waals surface area contributed by atoms with Crippen LogP contribution in [0.15, 0.2) is 18.2 Å². The number of carbonyl (C=O) groups excluding carboxylic acids is 1. The number of hydrogen-bond acceptors (Lipinski definition) is 4. The molecule has 1 aromatic rings. The van der Waals surface area contributed by atoms with E-state index >= 15 is 0 Å². The third-order valence-corrected chi connectivity index (χ3v) is 2.86. The van der Waals surface area contributed by atoms with Gasteiger partial charge in [-0.1, -0.05) is 11.6 Å². The van der Waals surface area contributed by atoms with E-state index in [0.717, 1.165) is 25.3 Å². The van der Waals surface area contributed by atoms with Gasteiger partial charge in [0.25, 0.3) is 0 Å². The van der Waals surface area contributed by atoms with Crippen LogP contribution in [0.1, 0.15) is 12.5 Å². The highest BCUT2D eigenvalue weighted by molar-refractivity contribution is 6.33. The van der Waals surface area contributed by atoms with Crippen molar-refractivity contribution in [3.63, 3.8) is 0 Å². The topological polar surface area (TPSA) is 58.6 Å². The summed E-state index contributed by atoms with van der Waals surface area (Å²) < 4.78 is 41.7. The molecule has 0 bridgehead atoms. The van der Waals surface area contributed by atoms with Gasteiger partial charge in [0.1, 0.15) is 0 Å². The van der Waals surface area contributed by atoms with E-state index in [2.05, 4.69) is 10.1 Å². The van der Waals surface area contributed by atoms with Crippen LogP contribution in [-0.4, -0.2) is 30.3 Å². The largest absolute Gasteiger partial charge is 0.467 e. The third kappa shape index (κ3) is 4.01. The Bertz CT molecular complexity index is 503. The van der Waals surface area contributed by atoms with Gasteiger partial charge in [0.15, 0.2) is 5.60 Å². The van der Waals surface area contributed by atoms with Gasteiger partial charge in [0, 0.05) is 0 Å². The molecule has 0 aliphatic carbocycles. The summed E-state index contributed by atoms with van der Waals surface area (Å²) in [7, 11) is 1.11. The van der Waals surface area contributed by atoms with E-state index in [9.17, 15) is 23.1 Å². The van der Waals surface area contributed by atoms with Gasteiger partial charge in [-0.2, -0.15) is 13.2 Å². The second-order valence-corrected chi connectivity index (χ2v) is 4.72. The second kappa shape index (κ2) is 5.88. The minimum Gasteiger partial charge on any atom is -0.467 e. The predicted molar refractivity (Wildman–Crippen MR) is 67.6 cm³/mol. The molecule has 2 N–H and O–H groups in total. The summed E-state index contributed by atoms with van der Waals surface area (Å²) in [6.07, 6.45) is -4.49. The molecule has 0 aromatic heterocycles. The Morgan fingerprint density at radius 3 is 2.50 bits per heavy atom. The van der Waals surface area contributed by atoms with Crippen molar-refractivity contribution in [2.75, 3.05) is 19.0 Å². The first-order chi connectivity index (χ1) is 9.08. The molecular formula is C12H13ClF3NO3. The number of alkyl halides is 3. The van der Waals surface area contributed by atoms with E-state index in [-0.39, 0.29) is 17.3 Å². The second-order valence-electron chi connectivity index (χ2n) is 4.31. The normalized spacial score (nSPS) is 14.6. The van der Waals surface area contributed by atoms with Gasteiger partial charge in [-0.15, -0.1) is 0 Å². The van der Waals surface area contributed by atoms with Crippen LogP contribution in [0.5, 0.6) is 0 Å². The number of halogens is 4. The summed E-state index contributed by atoms with van der Waals surface area (Å²) >= 11 is 5.72. The SMILES string of the molecule is COC(=O)C(C)(O)CNc1ccc(C(F)(F)F)cc1Cl. The van der Waals surface area contributed by atoms with Crippen molar-refractivity contribution >= 4 is 23.3 Å². The number of methoxy groups -OCH3 is 1. The number of ether oxygens (including phenoxy) is 1. The fourth-order valence-electron chi connectivity index (χ4n) is 1.39. The standard InChI is InChI=1S/C12H13ClF3NO3/c1-11(19,10(18)20-2)6-17-9-4-3-7(5-8(9)13)12(14,15)16/h3-5,17,19H,6H2,1-2H3. The molecule has 1 rings (SSSR count). The van der Waals surface area contributed by atoms with Crippen molar-refractivity contribution in [1.29, 1.82) is 0 Å². The molecule has 0 fully saturated rings. The molecular weight excluding hydrogens is 299 g/mol. The van der Waals surface area contributed by atoms with Gasteiger partial charge >= 0.3 is 12.1 Å². The number of esters is 1. The van der Waals surface area contributed by atoms with Gasteiger partial charge in [0.2, 0.25) is 0 Å². The number of rotatable bonds is 4. The number of anilines is 1. The fraction of sp³-hybridized carbons (Fsp3) is 0.417. The molecule has 0 aliphatic rings. The van der Waals surface area contributed by atoms with Crippen LogP contribution in [-0.2, 0) is 15.7 Å². The number of aliphatic hydroxyl groups is 1. The van der Waals surface area contributed by atoms with E-state index < -0.39 is 23.3 Å². The van der Waals surface area contributed by atoms with E-state index in [0.29, 0.717) is 0 Å². The van der Waals surface area contributed by atoms with Gasteiger partial charge < -0.3 is 15.2 Å². The Hall–Kier alpha value is -1.47. The molecule has 1 atom stereocenters. The maximum atomic E-state index is 12.4. The molecule has 112 valence electrons. The lowest BCUT2D eigenvalue weighted by Crippen LogP contribution is -2.42. The van der Waals surface area contributed by atoms with E-state index in [1.54, 1.807) is 0 Å². The van der Waals surface area contributed by atoms with Crippen LogP contribution >= 0.6 is 11.6 Å². The van der Waals surface area contributed by atoms with E-state index in [1.165, 1.54) is 6.92 Å². The molecule has 0 spiro atoms. The molecule has 0 radical (unpaired) electrons. The highest BCUT2D eigenvalue weighted by Crippen LogP contribution is 2.33. The maximum absolute atomic E-state index is 12.4. The summed E-state index contributed by atoms with van der Waals surface area (Å²) in [5.74, 6) is -0.868. The van der Waals surface area contributed by atoms with Crippen LogP contribution in [0.4, 0.5) is 18.9 Å². The van der Waals surface area contributed by atoms with Crippen LogP contribution in [0.2, 0.25) is 5.02 Å². The van der Waals surface area contributed by atoms with Crippen molar-refractivity contribution in [2.24, 2.45) is 0 Å². The van der Waals surface area contributed by atoms with Crippen LogP contribution < -0.4 is 5.32 Å². The summed E-state index contributed by atoms with van der Waals surface area (Å²) in [5, 5.41) is 12.2. The van der Waals surface area contributed by atoms with Gasteiger partial charge in [0.05, 0.1) is 29.9 Å². The van der Waals surface area contributed by atoms with Gasteiger partial charge in [-0.25, -0.2) is 4.79 Å². The maximum Gasteiger partial charge on any atom is 0.416 e. The molecule has 0 saturated carbocycles. The number of hydrogen-bond donors (Lipinski definition) is 2. The lowest BCUT2D eigenvalue weighted by molar-refractivity contribution is -0.158. The lowest BCUT2D eigenvalue weighted by atomic mass is 10.1. The molecule has 1 unspecified atom stereocenters. The van der Waals surface area contributed by atoms with Gasteiger partial charge in [-0.3, -0.25) is 0 Å². The zero-order valence-corrected chi connectivity index (χ0v) is 11.5. The molecule has 1 aromatic carbocycles. The smallest absolute Gasteiger partial charge is 0.416 e. The quantitative estimate of drug-likeness (QED) is 0.839. The molecule has 20 heavy (non-hydrogen) atoms. The fourth-order valence-corrected chi connectivity index (χ4v) is 1.64. The van der Waals surface area contributed by atoms with Crippen LogP contribution in [0, 0.1) is 0 Å². The van der Waals surface area contributed by atoms with Crippen molar-refractivity contribution in [3.05, 3.63) is 28.8 Å². The molecule has 0 saturated heterocycles. The zero-order valence-electron chi connectivity index (χ0n) is 10.7. The van der Waals surface area contributed by atoms with Crippen LogP contribution in [0.25, 0.3) is 0 Å². The Labute approximate surface area is 118 Å². The van der Waals surface area contributed by atoms with Crippen molar-refractivity contribution in [2.45, 2.75) is 18.7 Å². The lowest BCUT2D eigenvalue weighted by Gasteiger charge is -2.21. The third-order valence-electron chi connectivity index (χ3n) is 2.54. The highest BCUT2D eigenvalue weighted by atomic mass is 35.5. The van der Waals surface area contributed by atoms with Crippen molar-refractivity contribution in [3.8, 4) is 0 Å². The van der Waals surface area contributed by atoms with Crippen LogP contribution in [0.3, 0.4) is 0 Å². The zero-order chi connectivity index (χ0) is 15.6. The Morgan fingerprint density at radius 2 is 2.05 bits per heavy atom. The number of carbonyl (C=O) groups is 1. The average Bonchev–Trinajstić information content (AvgIpc) is 2.35. The van der Waals surface area contributed by atoms with Crippen molar-refractivity contribution in [1.82, 2.24) is 0 Å². The summed E-state index contributed by atoms with van der Waals surface area (Å²) in [6.45, 7) is 0.953. The minimum absolute atomic E-state index is 0.166. The molecule has 0 aliphatic heterocycles. The molecule has 4 nitrogen and oxygen atoms in total. The molecule has 0 amide bonds. The Balaban J connectivity index is 2.83. The summed E-state index contributed by atoms with van der Waals surface area (Å²) in [5.41, 5.74) is -2.53. The number of nitrogens with one attached hydrogen (secondary N) is 1. The first-order valence-electron chi connectivity index (χ1n) is 5.49. The first-order valence-corrected chi connectivity index (χ1v) is 5.87. The summed E-state index contributed by atoms with van der Waals surface area (Å²) in [4.78, 5) is 11.2. The van der Waals surface area contributed by atoms with Gasteiger partial charge in [-0.05, 0) is 25.1 Å². The van der Waals surface area contributed by atoms with E-state index in [1.807, 2.05) is 0 Å². The minimum atomic E-state index is -4.49. The summed E-state index contributed by atoms with van der Waals surface area (Å²) in [6, 6.07) is 2.73. The van der Waals surface area contributed by atoms with Crippen molar-refractivity contribution < 1.29 is 27.8 Å².